The second-order valence-corrected chi connectivity index (χ2v) is 7.47. The van der Waals surface area contributed by atoms with E-state index in [0.717, 1.165) is 19.5 Å². The first-order valence-corrected chi connectivity index (χ1v) is 10.9. The highest BCUT2D eigenvalue weighted by atomic mass is 16.7. The Balaban J connectivity index is 2.21. The van der Waals surface area contributed by atoms with Gasteiger partial charge in [-0.05, 0) is 24.0 Å². The van der Waals surface area contributed by atoms with Crippen molar-refractivity contribution >= 4 is 0 Å². The zero-order chi connectivity index (χ0) is 21.6. The maximum absolute atomic E-state index is 11.0. The zero-order valence-corrected chi connectivity index (χ0v) is 18.6. The molecule has 0 aliphatic heterocycles. The van der Waals surface area contributed by atoms with Crippen molar-refractivity contribution in [2.24, 2.45) is 0 Å². The Morgan fingerprint density at radius 2 is 1.40 bits per heavy atom. The maximum Gasteiger partial charge on any atom is 0.147 e. The summed E-state index contributed by atoms with van der Waals surface area (Å²) in [6.07, 6.45) is 0.807. The standard InChI is InChI=1S/C25H37NO4/c1-4-23(27)25(24(5-2)30-20-29-17-16-28-3)26(18-21-12-8-6-9-13-21)19-22-14-10-7-11-15-22/h6-15,23-25,27H,4-5,16-20H2,1-3H3/t23-,24-,25-/m0/s1. The van der Waals surface area contributed by atoms with E-state index < -0.39 is 6.10 Å². The lowest BCUT2D eigenvalue weighted by atomic mass is 9.97. The second-order valence-electron chi connectivity index (χ2n) is 7.47. The molecule has 166 valence electrons. The van der Waals surface area contributed by atoms with E-state index in [0.29, 0.717) is 19.6 Å². The summed E-state index contributed by atoms with van der Waals surface area (Å²) in [6, 6.07) is 20.6. The first-order chi connectivity index (χ1) is 14.7. The van der Waals surface area contributed by atoms with E-state index in [9.17, 15) is 5.11 Å². The fraction of sp³-hybridized carbons (Fsp3) is 0.520. The highest BCUT2D eigenvalue weighted by Gasteiger charge is 2.33. The highest BCUT2D eigenvalue weighted by molar-refractivity contribution is 5.17. The van der Waals surface area contributed by atoms with Crippen molar-refractivity contribution in [3.05, 3.63) is 71.8 Å². The minimum Gasteiger partial charge on any atom is -0.391 e. The van der Waals surface area contributed by atoms with Gasteiger partial charge in [-0.15, -0.1) is 0 Å². The van der Waals surface area contributed by atoms with Crippen molar-refractivity contribution in [2.45, 2.75) is 58.0 Å². The number of methoxy groups -OCH3 is 1. The fourth-order valence-corrected chi connectivity index (χ4v) is 3.66. The average molecular weight is 416 g/mol. The van der Waals surface area contributed by atoms with E-state index in [4.69, 9.17) is 14.2 Å². The van der Waals surface area contributed by atoms with Crippen LogP contribution in [0.2, 0.25) is 0 Å². The SMILES string of the molecule is CC[C@H](OCOCCOC)[C@H]([C@@H](O)CC)N(Cc1ccccc1)Cc1ccccc1. The third kappa shape index (κ3) is 8.17. The molecule has 5 heteroatoms. The van der Waals surface area contributed by atoms with Crippen LogP contribution in [0.5, 0.6) is 0 Å². The maximum atomic E-state index is 11.0. The number of nitrogens with zero attached hydrogens (tertiary/aromatic N) is 1. The molecule has 0 radical (unpaired) electrons. The van der Waals surface area contributed by atoms with Gasteiger partial charge in [0.2, 0.25) is 0 Å². The van der Waals surface area contributed by atoms with Gasteiger partial charge in [0.1, 0.15) is 6.79 Å². The summed E-state index contributed by atoms with van der Waals surface area (Å²) in [5, 5.41) is 11.0. The minimum atomic E-state index is -0.499. The van der Waals surface area contributed by atoms with Gasteiger partial charge in [0, 0.05) is 20.2 Å². The van der Waals surface area contributed by atoms with Crippen LogP contribution in [0.3, 0.4) is 0 Å². The zero-order valence-electron chi connectivity index (χ0n) is 18.6. The van der Waals surface area contributed by atoms with Crippen LogP contribution in [0.25, 0.3) is 0 Å². The van der Waals surface area contributed by atoms with Crippen molar-refractivity contribution < 1.29 is 19.3 Å². The second kappa shape index (κ2) is 14.3. The molecule has 0 unspecified atom stereocenters. The Morgan fingerprint density at radius 1 is 0.833 bits per heavy atom. The predicted molar refractivity (Wildman–Crippen MR) is 120 cm³/mol. The van der Waals surface area contributed by atoms with Crippen LogP contribution >= 0.6 is 0 Å². The molecule has 0 fully saturated rings. The summed E-state index contributed by atoms with van der Waals surface area (Å²) in [5.41, 5.74) is 2.43. The molecule has 1 N–H and O–H groups in total. The molecular weight excluding hydrogens is 378 g/mol. The molecule has 0 aliphatic carbocycles. The van der Waals surface area contributed by atoms with Gasteiger partial charge < -0.3 is 19.3 Å². The molecule has 0 aliphatic rings. The van der Waals surface area contributed by atoms with Crippen LogP contribution in [0, 0.1) is 0 Å². The normalized spacial score (nSPS) is 14.6. The fourth-order valence-electron chi connectivity index (χ4n) is 3.66. The molecule has 2 aromatic carbocycles. The summed E-state index contributed by atoms with van der Waals surface area (Å²) in [6.45, 7) is 6.81. The molecule has 2 rings (SSSR count). The quantitative estimate of drug-likeness (QED) is 0.348. The summed E-state index contributed by atoms with van der Waals surface area (Å²) in [7, 11) is 1.65. The van der Waals surface area contributed by atoms with Gasteiger partial charge in [0.05, 0.1) is 31.5 Å². The highest BCUT2D eigenvalue weighted by Crippen LogP contribution is 2.23. The molecule has 0 saturated carbocycles. The average Bonchev–Trinajstić information content (AvgIpc) is 2.79. The lowest BCUT2D eigenvalue weighted by molar-refractivity contribution is -0.138. The van der Waals surface area contributed by atoms with E-state index in [2.05, 4.69) is 60.4 Å². The first-order valence-electron chi connectivity index (χ1n) is 10.9. The summed E-state index contributed by atoms with van der Waals surface area (Å²) in [4.78, 5) is 2.34. The van der Waals surface area contributed by atoms with Crippen molar-refractivity contribution in [3.63, 3.8) is 0 Å². The lowest BCUT2D eigenvalue weighted by Gasteiger charge is -2.39. The van der Waals surface area contributed by atoms with E-state index in [1.165, 1.54) is 11.1 Å². The third-order valence-corrected chi connectivity index (χ3v) is 5.27. The molecule has 3 atom stereocenters. The molecule has 0 heterocycles. The molecule has 0 spiro atoms. The van der Waals surface area contributed by atoms with Crippen LogP contribution in [0.1, 0.15) is 37.8 Å². The Kier molecular flexibility index (Phi) is 11.7. The minimum absolute atomic E-state index is 0.144. The lowest BCUT2D eigenvalue weighted by Crippen LogP contribution is -2.51. The van der Waals surface area contributed by atoms with Gasteiger partial charge in [-0.3, -0.25) is 4.90 Å². The van der Waals surface area contributed by atoms with Crippen molar-refractivity contribution in [1.82, 2.24) is 4.90 Å². The Bertz CT molecular complexity index is 626. The number of ether oxygens (including phenoxy) is 3. The monoisotopic (exact) mass is 415 g/mol. The smallest absolute Gasteiger partial charge is 0.147 e. The van der Waals surface area contributed by atoms with Gasteiger partial charge in [0.15, 0.2) is 0 Å². The van der Waals surface area contributed by atoms with Gasteiger partial charge in [-0.2, -0.15) is 0 Å². The van der Waals surface area contributed by atoms with Gasteiger partial charge in [-0.25, -0.2) is 0 Å². The van der Waals surface area contributed by atoms with Gasteiger partial charge in [0.25, 0.3) is 0 Å². The largest absolute Gasteiger partial charge is 0.391 e. The Labute approximate surface area is 181 Å². The number of aliphatic hydroxyl groups is 1. The number of hydrogen-bond donors (Lipinski definition) is 1. The Hall–Kier alpha value is -1.76. The summed E-state index contributed by atoms with van der Waals surface area (Å²) < 4.78 is 16.7. The van der Waals surface area contributed by atoms with Crippen LogP contribution < -0.4 is 0 Å². The Morgan fingerprint density at radius 3 is 1.87 bits per heavy atom. The molecule has 0 amide bonds. The third-order valence-electron chi connectivity index (χ3n) is 5.27. The number of aliphatic hydroxyl groups excluding tert-OH is 1. The van der Waals surface area contributed by atoms with Crippen LogP contribution in [-0.2, 0) is 27.3 Å². The van der Waals surface area contributed by atoms with Crippen LogP contribution in [-0.4, -0.2) is 55.4 Å². The van der Waals surface area contributed by atoms with E-state index in [-0.39, 0.29) is 18.9 Å². The van der Waals surface area contributed by atoms with E-state index in [1.807, 2.05) is 19.1 Å². The topological polar surface area (TPSA) is 51.2 Å². The van der Waals surface area contributed by atoms with Crippen molar-refractivity contribution in [3.8, 4) is 0 Å². The van der Waals surface area contributed by atoms with Crippen LogP contribution in [0.15, 0.2) is 60.7 Å². The number of benzene rings is 2. The molecule has 0 saturated heterocycles. The van der Waals surface area contributed by atoms with Crippen LogP contribution in [0.4, 0.5) is 0 Å². The predicted octanol–water partition coefficient (Wildman–Crippen LogP) is 4.24. The van der Waals surface area contributed by atoms with Gasteiger partial charge in [-0.1, -0.05) is 74.5 Å². The first kappa shape index (κ1) is 24.5. The van der Waals surface area contributed by atoms with E-state index in [1.54, 1.807) is 7.11 Å². The van der Waals surface area contributed by atoms with Crippen molar-refractivity contribution in [1.29, 1.82) is 0 Å². The molecule has 2 aromatic rings. The molecular formula is C25H37NO4. The number of rotatable bonds is 15. The summed E-state index contributed by atoms with van der Waals surface area (Å²) >= 11 is 0. The summed E-state index contributed by atoms with van der Waals surface area (Å²) in [5.74, 6) is 0. The molecule has 0 bridgehead atoms. The molecule has 30 heavy (non-hydrogen) atoms. The van der Waals surface area contributed by atoms with Gasteiger partial charge >= 0.3 is 0 Å². The molecule has 0 aromatic heterocycles. The van der Waals surface area contributed by atoms with E-state index >= 15 is 0 Å². The number of hydrogen-bond acceptors (Lipinski definition) is 5. The molecule has 5 nitrogen and oxygen atoms in total. The van der Waals surface area contributed by atoms with Crippen molar-refractivity contribution in [2.75, 3.05) is 27.1 Å².